The van der Waals surface area contributed by atoms with Crippen LogP contribution in [0.15, 0.2) is 42.6 Å². The van der Waals surface area contributed by atoms with Gasteiger partial charge in [-0.05, 0) is 49.9 Å². The number of aromatic nitrogens is 1. The molecule has 0 bridgehead atoms. The van der Waals surface area contributed by atoms with E-state index in [1.165, 1.54) is 5.56 Å². The van der Waals surface area contributed by atoms with Crippen LogP contribution < -0.4 is 15.1 Å². The molecule has 7 heteroatoms. The maximum Gasteiger partial charge on any atom is 0.407 e. The van der Waals surface area contributed by atoms with Crippen LogP contribution in [0.25, 0.3) is 0 Å². The second-order valence-electron chi connectivity index (χ2n) is 7.36. The number of benzene rings is 1. The Balaban J connectivity index is 1.54. The first-order chi connectivity index (χ1) is 14.2. The zero-order valence-electron chi connectivity index (χ0n) is 16.6. The zero-order valence-corrected chi connectivity index (χ0v) is 16.6. The van der Waals surface area contributed by atoms with Crippen LogP contribution in [0, 0.1) is 0 Å². The molecule has 29 heavy (non-hydrogen) atoms. The van der Waals surface area contributed by atoms with Crippen molar-refractivity contribution in [2.75, 3.05) is 36.0 Å². The SMILES string of the molecule is CCOC(=O)NC1CCCN(c2ncccc2C(=O)N2CCc3ccccc32)C1. The molecule has 1 saturated heterocycles. The number of nitrogens with zero attached hydrogens (tertiary/aromatic N) is 3. The fourth-order valence-electron chi connectivity index (χ4n) is 4.14. The average Bonchev–Trinajstić information content (AvgIpc) is 3.18. The summed E-state index contributed by atoms with van der Waals surface area (Å²) in [6.45, 7) is 4.22. The van der Waals surface area contributed by atoms with E-state index in [0.717, 1.165) is 31.5 Å². The van der Waals surface area contributed by atoms with Crippen molar-refractivity contribution < 1.29 is 14.3 Å². The number of anilines is 2. The molecule has 1 fully saturated rings. The van der Waals surface area contributed by atoms with Gasteiger partial charge in [-0.3, -0.25) is 4.79 Å². The van der Waals surface area contributed by atoms with Gasteiger partial charge < -0.3 is 19.9 Å². The van der Waals surface area contributed by atoms with Crippen molar-refractivity contribution in [1.82, 2.24) is 10.3 Å². The van der Waals surface area contributed by atoms with E-state index >= 15 is 0 Å². The lowest BCUT2D eigenvalue weighted by Crippen LogP contribution is -2.48. The number of amides is 2. The van der Waals surface area contributed by atoms with Crippen LogP contribution in [0.2, 0.25) is 0 Å². The third-order valence-corrected chi connectivity index (χ3v) is 5.47. The lowest BCUT2D eigenvalue weighted by Gasteiger charge is -2.34. The second kappa shape index (κ2) is 8.51. The van der Waals surface area contributed by atoms with Gasteiger partial charge in [-0.2, -0.15) is 0 Å². The van der Waals surface area contributed by atoms with Gasteiger partial charge in [-0.25, -0.2) is 9.78 Å². The Morgan fingerprint density at radius 2 is 2.07 bits per heavy atom. The Morgan fingerprint density at radius 1 is 1.21 bits per heavy atom. The predicted molar refractivity (Wildman–Crippen MR) is 111 cm³/mol. The number of rotatable bonds is 4. The van der Waals surface area contributed by atoms with Gasteiger partial charge in [-0.15, -0.1) is 0 Å². The van der Waals surface area contributed by atoms with Gasteiger partial charge in [0.1, 0.15) is 5.82 Å². The van der Waals surface area contributed by atoms with E-state index in [-0.39, 0.29) is 11.9 Å². The largest absolute Gasteiger partial charge is 0.450 e. The van der Waals surface area contributed by atoms with E-state index in [4.69, 9.17) is 4.74 Å². The first-order valence-electron chi connectivity index (χ1n) is 10.2. The molecule has 1 atom stereocenters. The summed E-state index contributed by atoms with van der Waals surface area (Å²) in [7, 11) is 0. The number of alkyl carbamates (subject to hydrolysis) is 1. The second-order valence-corrected chi connectivity index (χ2v) is 7.36. The summed E-state index contributed by atoms with van der Waals surface area (Å²) >= 11 is 0. The van der Waals surface area contributed by atoms with Crippen molar-refractivity contribution in [3.63, 3.8) is 0 Å². The summed E-state index contributed by atoms with van der Waals surface area (Å²) in [5.74, 6) is 0.649. The lowest BCUT2D eigenvalue weighted by molar-refractivity contribution is 0.0989. The Labute approximate surface area is 170 Å². The number of fused-ring (bicyclic) bond motifs is 1. The number of pyridine rings is 1. The number of nitrogens with one attached hydrogen (secondary N) is 1. The van der Waals surface area contributed by atoms with Gasteiger partial charge in [0, 0.05) is 37.6 Å². The van der Waals surface area contributed by atoms with Crippen LogP contribution in [0.5, 0.6) is 0 Å². The predicted octanol–water partition coefficient (Wildman–Crippen LogP) is 3.00. The number of ether oxygens (including phenoxy) is 1. The molecular formula is C22H26N4O3. The fraction of sp³-hybridized carbons (Fsp3) is 0.409. The van der Waals surface area contributed by atoms with Gasteiger partial charge in [0.2, 0.25) is 0 Å². The highest BCUT2D eigenvalue weighted by Gasteiger charge is 2.30. The first kappa shape index (κ1) is 19.2. The van der Waals surface area contributed by atoms with Crippen molar-refractivity contribution in [2.24, 2.45) is 0 Å². The number of carbonyl (C=O) groups excluding carboxylic acids is 2. The van der Waals surface area contributed by atoms with Gasteiger partial charge >= 0.3 is 6.09 Å². The van der Waals surface area contributed by atoms with Crippen molar-refractivity contribution in [3.8, 4) is 0 Å². The highest BCUT2D eigenvalue weighted by atomic mass is 16.5. The van der Waals surface area contributed by atoms with Crippen LogP contribution in [-0.2, 0) is 11.2 Å². The van der Waals surface area contributed by atoms with E-state index in [1.807, 2.05) is 29.2 Å². The minimum atomic E-state index is -0.398. The number of carbonyl (C=O) groups is 2. The molecule has 0 aliphatic carbocycles. The zero-order chi connectivity index (χ0) is 20.2. The molecule has 0 saturated carbocycles. The third kappa shape index (κ3) is 4.04. The molecule has 2 aliphatic rings. The molecule has 1 aromatic carbocycles. The molecule has 0 spiro atoms. The summed E-state index contributed by atoms with van der Waals surface area (Å²) in [5.41, 5.74) is 2.77. The number of para-hydroxylation sites is 1. The molecule has 2 aromatic rings. The molecule has 152 valence electrons. The van der Waals surface area contributed by atoms with Crippen molar-refractivity contribution in [2.45, 2.75) is 32.2 Å². The first-order valence-corrected chi connectivity index (χ1v) is 10.2. The molecule has 7 nitrogen and oxygen atoms in total. The van der Waals surface area contributed by atoms with Crippen LogP contribution in [-0.4, -0.2) is 49.3 Å². The average molecular weight is 394 g/mol. The summed E-state index contributed by atoms with van der Waals surface area (Å²) in [5, 5.41) is 2.91. The van der Waals surface area contributed by atoms with E-state index < -0.39 is 6.09 Å². The quantitative estimate of drug-likeness (QED) is 0.863. The molecule has 2 amide bonds. The molecule has 0 radical (unpaired) electrons. The summed E-state index contributed by atoms with van der Waals surface area (Å²) in [6.07, 6.45) is 3.98. The molecule has 1 N–H and O–H groups in total. The van der Waals surface area contributed by atoms with Crippen LogP contribution in [0.4, 0.5) is 16.3 Å². The van der Waals surface area contributed by atoms with Crippen LogP contribution >= 0.6 is 0 Å². The van der Waals surface area contributed by atoms with Crippen molar-refractivity contribution in [1.29, 1.82) is 0 Å². The summed E-state index contributed by atoms with van der Waals surface area (Å²) < 4.78 is 5.00. The highest BCUT2D eigenvalue weighted by Crippen LogP contribution is 2.31. The Kier molecular flexibility index (Phi) is 5.64. The monoisotopic (exact) mass is 394 g/mol. The van der Waals surface area contributed by atoms with Crippen molar-refractivity contribution in [3.05, 3.63) is 53.7 Å². The van der Waals surface area contributed by atoms with Crippen molar-refractivity contribution >= 4 is 23.5 Å². The molecule has 2 aliphatic heterocycles. The van der Waals surface area contributed by atoms with E-state index in [1.54, 1.807) is 19.2 Å². The maximum absolute atomic E-state index is 13.4. The third-order valence-electron chi connectivity index (χ3n) is 5.47. The Morgan fingerprint density at radius 3 is 2.93 bits per heavy atom. The number of piperidine rings is 1. The van der Waals surface area contributed by atoms with Gasteiger partial charge in [0.15, 0.2) is 0 Å². The van der Waals surface area contributed by atoms with E-state index in [9.17, 15) is 9.59 Å². The summed E-state index contributed by atoms with van der Waals surface area (Å²) in [4.78, 5) is 33.6. The molecule has 3 heterocycles. The van der Waals surface area contributed by atoms with Crippen LogP contribution in [0.3, 0.4) is 0 Å². The number of hydrogen-bond donors (Lipinski definition) is 1. The van der Waals surface area contributed by atoms with Crippen LogP contribution in [0.1, 0.15) is 35.7 Å². The highest BCUT2D eigenvalue weighted by molar-refractivity contribution is 6.10. The molecule has 4 rings (SSSR count). The molecule has 1 unspecified atom stereocenters. The van der Waals surface area contributed by atoms with Gasteiger partial charge in [0.05, 0.1) is 12.2 Å². The van der Waals surface area contributed by atoms with E-state index in [2.05, 4.69) is 21.3 Å². The Bertz CT molecular complexity index is 901. The number of hydrogen-bond acceptors (Lipinski definition) is 5. The Hall–Kier alpha value is -3.09. The van der Waals surface area contributed by atoms with E-state index in [0.29, 0.717) is 31.1 Å². The lowest BCUT2D eigenvalue weighted by atomic mass is 10.0. The maximum atomic E-state index is 13.4. The standard InChI is InChI=1S/C22H26N4O3/c1-2-29-22(28)24-17-8-6-13-25(15-17)20-18(9-5-12-23-20)21(27)26-14-11-16-7-3-4-10-19(16)26/h3-5,7,9-10,12,17H,2,6,8,11,13-15H2,1H3,(H,24,28). The topological polar surface area (TPSA) is 74.8 Å². The summed E-state index contributed by atoms with van der Waals surface area (Å²) in [6, 6.07) is 11.7. The normalized spacial score (nSPS) is 18.3. The minimum Gasteiger partial charge on any atom is -0.450 e. The fourth-order valence-corrected chi connectivity index (χ4v) is 4.14. The van der Waals surface area contributed by atoms with Gasteiger partial charge in [-0.1, -0.05) is 18.2 Å². The molecular weight excluding hydrogens is 368 g/mol. The van der Waals surface area contributed by atoms with Gasteiger partial charge in [0.25, 0.3) is 5.91 Å². The smallest absolute Gasteiger partial charge is 0.407 e. The minimum absolute atomic E-state index is 0.0275. The molecule has 1 aromatic heterocycles.